The monoisotopic (exact) mass is 297 g/mol. The van der Waals surface area contributed by atoms with Crippen LogP contribution in [-0.4, -0.2) is 15.7 Å². The number of benzene rings is 2. The number of imidazole rings is 1. The van der Waals surface area contributed by atoms with Gasteiger partial charge in [0.1, 0.15) is 5.75 Å². The van der Waals surface area contributed by atoms with E-state index in [9.17, 15) is 4.79 Å². The van der Waals surface area contributed by atoms with Crippen molar-refractivity contribution in [2.24, 2.45) is 14.1 Å². The Bertz CT molecular complexity index is 860. The lowest BCUT2D eigenvalue weighted by molar-refractivity contribution is 0.340. The topological polar surface area (TPSA) is 48.2 Å². The fourth-order valence-electron chi connectivity index (χ4n) is 2.55. The number of fused-ring (bicyclic) bond motifs is 1. The van der Waals surface area contributed by atoms with E-state index in [-0.39, 0.29) is 5.69 Å². The molecular formula is C17H19N3O2. The summed E-state index contributed by atoms with van der Waals surface area (Å²) in [5.74, 6) is 0.856. The van der Waals surface area contributed by atoms with Crippen LogP contribution in [0.2, 0.25) is 0 Å². The van der Waals surface area contributed by atoms with Gasteiger partial charge in [0.05, 0.1) is 17.6 Å². The van der Waals surface area contributed by atoms with Crippen molar-refractivity contribution in [2.75, 3.05) is 11.9 Å². The number of anilines is 2. The highest BCUT2D eigenvalue weighted by molar-refractivity contribution is 5.81. The molecule has 114 valence electrons. The second-order valence-electron chi connectivity index (χ2n) is 5.19. The van der Waals surface area contributed by atoms with Gasteiger partial charge in [-0.05, 0) is 49.4 Å². The largest absolute Gasteiger partial charge is 0.494 e. The zero-order chi connectivity index (χ0) is 15.7. The third-order valence-corrected chi connectivity index (χ3v) is 3.73. The molecule has 0 bridgehead atoms. The number of aromatic nitrogens is 2. The summed E-state index contributed by atoms with van der Waals surface area (Å²) in [7, 11) is 3.57. The Morgan fingerprint density at radius 3 is 2.27 bits per heavy atom. The summed E-state index contributed by atoms with van der Waals surface area (Å²) in [6.07, 6.45) is 0. The molecule has 0 atom stereocenters. The van der Waals surface area contributed by atoms with Crippen molar-refractivity contribution in [3.05, 3.63) is 52.9 Å². The maximum Gasteiger partial charge on any atom is 0.328 e. The van der Waals surface area contributed by atoms with Crippen LogP contribution < -0.4 is 15.7 Å². The minimum Gasteiger partial charge on any atom is -0.494 e. The molecule has 0 aliphatic carbocycles. The highest BCUT2D eigenvalue weighted by Gasteiger charge is 2.08. The van der Waals surface area contributed by atoms with Gasteiger partial charge in [0.2, 0.25) is 0 Å². The van der Waals surface area contributed by atoms with Crippen LogP contribution in [0.5, 0.6) is 5.75 Å². The molecule has 5 nitrogen and oxygen atoms in total. The van der Waals surface area contributed by atoms with Gasteiger partial charge in [-0.15, -0.1) is 0 Å². The van der Waals surface area contributed by atoms with Crippen LogP contribution in [-0.2, 0) is 14.1 Å². The first kappa shape index (κ1) is 14.3. The molecule has 1 heterocycles. The van der Waals surface area contributed by atoms with E-state index in [0.29, 0.717) is 6.61 Å². The average molecular weight is 297 g/mol. The van der Waals surface area contributed by atoms with Gasteiger partial charge in [0, 0.05) is 25.5 Å². The number of hydrogen-bond donors (Lipinski definition) is 1. The Hall–Kier alpha value is -2.69. The van der Waals surface area contributed by atoms with Crippen molar-refractivity contribution in [2.45, 2.75) is 6.92 Å². The first-order chi connectivity index (χ1) is 10.6. The first-order valence-corrected chi connectivity index (χ1v) is 7.25. The summed E-state index contributed by atoms with van der Waals surface area (Å²) in [5.41, 5.74) is 3.72. The predicted octanol–water partition coefficient (Wildman–Crippen LogP) is 3.02. The number of ether oxygens (including phenoxy) is 1. The quantitative estimate of drug-likeness (QED) is 0.805. The lowest BCUT2D eigenvalue weighted by atomic mass is 10.2. The Kier molecular flexibility index (Phi) is 3.63. The molecular weight excluding hydrogens is 278 g/mol. The minimum absolute atomic E-state index is 0.0202. The van der Waals surface area contributed by atoms with Gasteiger partial charge >= 0.3 is 5.69 Å². The number of aryl methyl sites for hydroxylation is 2. The molecule has 3 aromatic rings. The Labute approximate surface area is 128 Å². The maximum absolute atomic E-state index is 11.9. The van der Waals surface area contributed by atoms with Crippen molar-refractivity contribution >= 4 is 22.4 Å². The van der Waals surface area contributed by atoms with Crippen LogP contribution in [0.4, 0.5) is 11.4 Å². The van der Waals surface area contributed by atoms with E-state index in [1.165, 1.54) is 0 Å². The molecule has 0 spiro atoms. The maximum atomic E-state index is 11.9. The fraction of sp³-hybridized carbons (Fsp3) is 0.235. The van der Waals surface area contributed by atoms with Gasteiger partial charge in [-0.1, -0.05) is 0 Å². The van der Waals surface area contributed by atoms with E-state index < -0.39 is 0 Å². The number of nitrogens with zero attached hydrogens (tertiary/aromatic N) is 2. The lowest BCUT2D eigenvalue weighted by Crippen LogP contribution is -2.19. The van der Waals surface area contributed by atoms with E-state index in [2.05, 4.69) is 5.32 Å². The second kappa shape index (κ2) is 5.60. The number of nitrogens with one attached hydrogen (secondary N) is 1. The smallest absolute Gasteiger partial charge is 0.328 e. The SMILES string of the molecule is CCOc1ccc(Nc2ccc3c(c2)n(C)c(=O)n3C)cc1. The van der Waals surface area contributed by atoms with Crippen molar-refractivity contribution in [3.8, 4) is 5.75 Å². The molecule has 0 unspecified atom stereocenters. The van der Waals surface area contributed by atoms with Gasteiger partial charge in [0.15, 0.2) is 0 Å². The Morgan fingerprint density at radius 1 is 0.955 bits per heavy atom. The molecule has 0 radical (unpaired) electrons. The molecule has 0 amide bonds. The summed E-state index contributed by atoms with van der Waals surface area (Å²) < 4.78 is 8.73. The van der Waals surface area contributed by atoms with Crippen LogP contribution in [0.3, 0.4) is 0 Å². The highest BCUT2D eigenvalue weighted by atomic mass is 16.5. The zero-order valence-corrected chi connectivity index (χ0v) is 13.0. The summed E-state index contributed by atoms with van der Waals surface area (Å²) >= 11 is 0. The van der Waals surface area contributed by atoms with Crippen LogP contribution in [0, 0.1) is 0 Å². The Balaban J connectivity index is 1.90. The molecule has 1 aromatic heterocycles. The molecule has 0 fully saturated rings. The summed E-state index contributed by atoms with van der Waals surface area (Å²) in [6, 6.07) is 13.7. The van der Waals surface area contributed by atoms with Crippen molar-refractivity contribution < 1.29 is 4.74 Å². The van der Waals surface area contributed by atoms with E-state index in [0.717, 1.165) is 28.2 Å². The van der Waals surface area contributed by atoms with Crippen LogP contribution >= 0.6 is 0 Å². The van der Waals surface area contributed by atoms with E-state index in [1.54, 1.807) is 23.2 Å². The molecule has 3 rings (SSSR count). The van der Waals surface area contributed by atoms with Crippen LogP contribution in [0.15, 0.2) is 47.3 Å². The standard InChI is InChI=1S/C17H19N3O2/c1-4-22-14-8-5-12(6-9-14)18-13-7-10-15-16(11-13)20(3)17(21)19(15)2/h5-11,18H,4H2,1-3H3. The normalized spacial score (nSPS) is 10.9. The first-order valence-electron chi connectivity index (χ1n) is 7.25. The lowest BCUT2D eigenvalue weighted by Gasteiger charge is -2.08. The zero-order valence-electron chi connectivity index (χ0n) is 13.0. The third kappa shape index (κ3) is 2.45. The molecule has 22 heavy (non-hydrogen) atoms. The minimum atomic E-state index is -0.0202. The van der Waals surface area contributed by atoms with Gasteiger partial charge in [0.25, 0.3) is 0 Å². The van der Waals surface area contributed by atoms with Crippen LogP contribution in [0.1, 0.15) is 6.92 Å². The van der Waals surface area contributed by atoms with Gasteiger partial charge in [-0.25, -0.2) is 4.79 Å². The third-order valence-electron chi connectivity index (χ3n) is 3.73. The van der Waals surface area contributed by atoms with Gasteiger partial charge < -0.3 is 10.1 Å². The second-order valence-corrected chi connectivity index (χ2v) is 5.19. The summed E-state index contributed by atoms with van der Waals surface area (Å²) in [5, 5.41) is 3.34. The van der Waals surface area contributed by atoms with Crippen molar-refractivity contribution in [3.63, 3.8) is 0 Å². The molecule has 0 aliphatic heterocycles. The molecule has 1 N–H and O–H groups in total. The molecule has 0 aliphatic rings. The predicted molar refractivity (Wildman–Crippen MR) is 89.1 cm³/mol. The van der Waals surface area contributed by atoms with Gasteiger partial charge in [-0.3, -0.25) is 9.13 Å². The summed E-state index contributed by atoms with van der Waals surface area (Å²) in [4.78, 5) is 11.9. The van der Waals surface area contributed by atoms with E-state index in [4.69, 9.17) is 4.74 Å². The number of hydrogen-bond acceptors (Lipinski definition) is 3. The summed E-state index contributed by atoms with van der Waals surface area (Å²) in [6.45, 7) is 2.62. The Morgan fingerprint density at radius 2 is 1.59 bits per heavy atom. The number of rotatable bonds is 4. The van der Waals surface area contributed by atoms with E-state index >= 15 is 0 Å². The molecule has 0 saturated heterocycles. The molecule has 2 aromatic carbocycles. The average Bonchev–Trinajstić information content (AvgIpc) is 2.74. The van der Waals surface area contributed by atoms with E-state index in [1.807, 2.05) is 49.4 Å². The van der Waals surface area contributed by atoms with Crippen molar-refractivity contribution in [1.29, 1.82) is 0 Å². The van der Waals surface area contributed by atoms with Crippen LogP contribution in [0.25, 0.3) is 11.0 Å². The highest BCUT2D eigenvalue weighted by Crippen LogP contribution is 2.23. The van der Waals surface area contributed by atoms with Gasteiger partial charge in [-0.2, -0.15) is 0 Å². The molecule has 0 saturated carbocycles. The van der Waals surface area contributed by atoms with Crippen molar-refractivity contribution in [1.82, 2.24) is 9.13 Å². The fourth-order valence-corrected chi connectivity index (χ4v) is 2.55. The molecule has 5 heteroatoms.